The van der Waals surface area contributed by atoms with Crippen LogP contribution in [0.1, 0.15) is 13.8 Å². The van der Waals surface area contributed by atoms with Crippen LogP contribution >= 0.6 is 11.6 Å². The number of ether oxygens (including phenoxy) is 1. The largest absolute Gasteiger partial charge is 0.870 e. The number of alkyl halides is 4. The average molecular weight is 1020 g/mol. The van der Waals surface area contributed by atoms with Crippen LogP contribution < -0.4 is 0 Å². The zero-order chi connectivity index (χ0) is 49.3. The molecule has 1 unspecified atom stereocenters. The van der Waals surface area contributed by atoms with Gasteiger partial charge in [-0.05, 0) is 98.2 Å². The number of aliphatic hydroxyl groups excluding tert-OH is 1. The molecule has 358 valence electrons. The quantitative estimate of drug-likeness (QED) is 0.0221. The first-order valence-corrected chi connectivity index (χ1v) is 24.3. The molecule has 6 aromatic carbocycles. The Kier molecular flexibility index (Phi) is 26.8. The van der Waals surface area contributed by atoms with Crippen LogP contribution in [0, 0.1) is 0 Å². The zero-order valence-electron chi connectivity index (χ0n) is 35.8. The van der Waals surface area contributed by atoms with Gasteiger partial charge in [-0.1, -0.05) is 122 Å². The number of benzene rings is 6. The van der Waals surface area contributed by atoms with E-state index in [1.54, 1.807) is 6.92 Å². The summed E-state index contributed by atoms with van der Waals surface area (Å²) in [7, 11) is -5.84. The molecule has 0 spiro atoms. The zero-order valence-corrected chi connectivity index (χ0v) is 39.9. The molecular weight excluding hydrogens is 976 g/mol. The Hall–Kier alpha value is -5.41. The van der Waals surface area contributed by atoms with Gasteiger partial charge in [0.25, 0.3) is 0 Å². The van der Waals surface area contributed by atoms with Gasteiger partial charge in [0.15, 0.2) is 46.1 Å². The Morgan fingerprint density at radius 1 is 0.612 bits per heavy atom. The van der Waals surface area contributed by atoms with Gasteiger partial charge in [-0.2, -0.15) is 17.6 Å². The average Bonchev–Trinajstić information content (AvgIpc) is 3.31. The molecule has 10 nitrogen and oxygen atoms in total. The summed E-state index contributed by atoms with van der Waals surface area (Å²) in [5, 5.41) is -1.44. The number of carbonyl (C=O) groups excluding carboxylic acids is 2. The van der Waals surface area contributed by atoms with Crippen molar-refractivity contribution >= 4 is 65.8 Å². The Balaban J connectivity index is 0.000000442. The standard InChI is InChI=1S/2C18H15S.C6H8F2O5S.C4H5ClO.C2H4F2O3S.H2O/c2*1-4-10-16(11-5-1)19(17-12-6-2-7-13-17)18-14-8-3-9-15-18;1-4(2)5(9)13-3-6(7,8)14(10,11)12;1-3(2)4(5)6;3-2(4,1-5)8(6)7;/h2*1-15H;1,3H2,2H3,(H,10,11,12);1H2,2H3;5H,1H2,(H,6,7);1H2/q2*+1;;;;/p-3. The molecule has 0 saturated heterocycles. The van der Waals surface area contributed by atoms with Crippen LogP contribution in [-0.4, -0.2) is 67.2 Å². The molecule has 0 saturated carbocycles. The van der Waals surface area contributed by atoms with E-state index in [9.17, 15) is 48.9 Å². The van der Waals surface area contributed by atoms with Gasteiger partial charge in [0.1, 0.15) is 6.61 Å². The van der Waals surface area contributed by atoms with Crippen LogP contribution in [0.3, 0.4) is 0 Å². The fourth-order valence-electron chi connectivity index (χ4n) is 4.55. The van der Waals surface area contributed by atoms with Crippen molar-refractivity contribution in [1.82, 2.24) is 0 Å². The minimum Gasteiger partial charge on any atom is -0.870 e. The number of carbonyl (C=O) groups is 2. The molecular formula is C48H46ClF4O10S4-. The SMILES string of the molecule is C=C(C)C(=O)Cl.C=C(C)C(=O)OCC(F)(F)S(=O)(=O)[O-].O=S([O-])C(F)(F)CO.[OH-].c1ccc([S+](c2ccccc2)c2ccccc2)cc1.c1ccc([S+](c2ccccc2)c2ccccc2)cc1. The number of hydrogen-bond donors (Lipinski definition) is 1. The maximum atomic E-state index is 12.3. The third-order valence-electron chi connectivity index (χ3n) is 7.72. The number of hydrogen-bond acceptors (Lipinski definition) is 10. The summed E-state index contributed by atoms with van der Waals surface area (Å²) in [6.07, 6.45) is 0. The van der Waals surface area contributed by atoms with E-state index in [4.69, 9.17) is 16.7 Å². The Morgan fingerprint density at radius 3 is 0.970 bits per heavy atom. The summed E-state index contributed by atoms with van der Waals surface area (Å²) < 4.78 is 99.8. The van der Waals surface area contributed by atoms with Crippen LogP contribution in [0.15, 0.2) is 236 Å². The highest BCUT2D eigenvalue weighted by molar-refractivity contribution is 7.97. The van der Waals surface area contributed by atoms with Gasteiger partial charge >= 0.3 is 16.5 Å². The molecule has 67 heavy (non-hydrogen) atoms. The Morgan fingerprint density at radius 2 is 0.836 bits per heavy atom. The molecule has 0 aromatic heterocycles. The second kappa shape index (κ2) is 30.1. The maximum Gasteiger partial charge on any atom is 0.367 e. The topological polar surface area (TPSA) is 191 Å². The lowest BCUT2D eigenvalue weighted by atomic mass is 10.4. The van der Waals surface area contributed by atoms with Crippen LogP contribution in [0.25, 0.3) is 0 Å². The van der Waals surface area contributed by atoms with Gasteiger partial charge < -0.3 is 24.4 Å². The van der Waals surface area contributed by atoms with Crippen molar-refractivity contribution in [2.24, 2.45) is 0 Å². The highest BCUT2D eigenvalue weighted by Crippen LogP contribution is 2.32. The van der Waals surface area contributed by atoms with Crippen LogP contribution in [0.5, 0.6) is 0 Å². The van der Waals surface area contributed by atoms with E-state index in [0.29, 0.717) is 5.57 Å². The summed E-state index contributed by atoms with van der Waals surface area (Å²) in [4.78, 5) is 28.5. The number of aliphatic hydroxyl groups is 1. The molecule has 0 heterocycles. The summed E-state index contributed by atoms with van der Waals surface area (Å²) in [5.41, 5.74) is 0.209. The summed E-state index contributed by atoms with van der Waals surface area (Å²) in [5.74, 6) is -1.19. The molecule has 19 heteroatoms. The predicted molar refractivity (Wildman–Crippen MR) is 252 cm³/mol. The second-order valence-electron chi connectivity index (χ2n) is 13.0. The predicted octanol–water partition coefficient (Wildman–Crippen LogP) is 10.4. The molecule has 0 aliphatic heterocycles. The van der Waals surface area contributed by atoms with Gasteiger partial charge in [0, 0.05) is 22.2 Å². The molecule has 1 atom stereocenters. The molecule has 6 rings (SSSR count). The van der Waals surface area contributed by atoms with Gasteiger partial charge in [0.2, 0.25) is 5.24 Å². The minimum absolute atomic E-state index is 0. The van der Waals surface area contributed by atoms with Crippen molar-refractivity contribution < 1.29 is 64.2 Å². The van der Waals surface area contributed by atoms with Gasteiger partial charge in [0.05, 0.1) is 21.8 Å². The third-order valence-corrected chi connectivity index (χ3v) is 14.0. The van der Waals surface area contributed by atoms with Crippen molar-refractivity contribution in [1.29, 1.82) is 0 Å². The van der Waals surface area contributed by atoms with Crippen LogP contribution in [0.2, 0.25) is 0 Å². The molecule has 0 aliphatic carbocycles. The minimum atomic E-state index is -5.81. The first kappa shape index (κ1) is 59.6. The molecule has 0 radical (unpaired) electrons. The highest BCUT2D eigenvalue weighted by Gasteiger charge is 2.39. The fraction of sp³-hybridized carbons (Fsp3) is 0.125. The van der Waals surface area contributed by atoms with E-state index in [2.05, 4.69) is 200 Å². The van der Waals surface area contributed by atoms with E-state index in [-0.39, 0.29) is 32.8 Å². The van der Waals surface area contributed by atoms with Gasteiger partial charge in [-0.3, -0.25) is 9.00 Å². The number of esters is 1. The first-order valence-electron chi connectivity index (χ1n) is 19.0. The van der Waals surface area contributed by atoms with Crippen molar-refractivity contribution in [3.8, 4) is 0 Å². The smallest absolute Gasteiger partial charge is 0.367 e. The Labute approximate surface area is 401 Å². The molecule has 2 N–H and O–H groups in total. The van der Waals surface area contributed by atoms with Gasteiger partial charge in [-0.25, -0.2) is 13.2 Å². The van der Waals surface area contributed by atoms with Gasteiger partial charge in [-0.15, -0.1) is 0 Å². The maximum absolute atomic E-state index is 12.3. The summed E-state index contributed by atoms with van der Waals surface area (Å²) in [6, 6.07) is 64.3. The van der Waals surface area contributed by atoms with Crippen molar-refractivity contribution in [2.75, 3.05) is 13.2 Å². The fourth-order valence-corrected chi connectivity index (χ4v) is 9.07. The molecule has 0 bridgehead atoms. The molecule has 0 aliphatic rings. The van der Waals surface area contributed by atoms with Crippen LogP contribution in [0.4, 0.5) is 17.6 Å². The number of allylic oxidation sites excluding steroid dienone is 1. The third kappa shape index (κ3) is 21.4. The van der Waals surface area contributed by atoms with Crippen molar-refractivity contribution in [2.45, 2.75) is 53.7 Å². The number of rotatable bonds is 13. The van der Waals surface area contributed by atoms with Crippen molar-refractivity contribution in [3.05, 3.63) is 206 Å². The molecule has 0 amide bonds. The van der Waals surface area contributed by atoms with E-state index in [1.807, 2.05) is 0 Å². The summed E-state index contributed by atoms with van der Waals surface area (Å²) >= 11 is 1.36. The van der Waals surface area contributed by atoms with Crippen molar-refractivity contribution in [3.63, 3.8) is 0 Å². The van der Waals surface area contributed by atoms with E-state index < -0.39 is 56.1 Å². The Bertz CT molecular complexity index is 2220. The first-order chi connectivity index (χ1) is 31.1. The van der Waals surface area contributed by atoms with E-state index in [0.717, 1.165) is 0 Å². The van der Waals surface area contributed by atoms with Crippen LogP contribution in [-0.2, 0) is 57.3 Å². The lowest BCUT2D eigenvalue weighted by Crippen LogP contribution is -2.34. The summed E-state index contributed by atoms with van der Waals surface area (Å²) in [6.45, 7) is 5.63. The molecule has 6 aromatic rings. The lowest BCUT2D eigenvalue weighted by Gasteiger charge is -2.19. The van der Waals surface area contributed by atoms with E-state index >= 15 is 0 Å². The highest BCUT2D eigenvalue weighted by atomic mass is 35.5. The molecule has 0 fully saturated rings. The van der Waals surface area contributed by atoms with E-state index in [1.165, 1.54) is 36.3 Å². The number of halogens is 5. The lowest BCUT2D eigenvalue weighted by molar-refractivity contribution is -0.144. The second-order valence-corrected chi connectivity index (χ2v) is 20.0. The monoisotopic (exact) mass is 1020 g/mol. The normalized spacial score (nSPS) is 11.2.